The normalized spacial score (nSPS) is 18.0. The fourth-order valence-electron chi connectivity index (χ4n) is 2.62. The lowest BCUT2D eigenvalue weighted by molar-refractivity contribution is -0.132. The number of rotatable bonds is 4. The molecule has 2 aromatic carbocycles. The lowest BCUT2D eigenvalue weighted by Gasteiger charge is -2.14. The van der Waals surface area contributed by atoms with Gasteiger partial charge in [0.05, 0.1) is 12.5 Å². The molecule has 1 unspecified atom stereocenters. The van der Waals surface area contributed by atoms with Crippen LogP contribution in [-0.4, -0.2) is 16.6 Å². The average molecular weight is 278 g/mol. The van der Waals surface area contributed by atoms with Crippen LogP contribution >= 0.6 is 0 Å². The maximum atomic E-state index is 12.5. The Labute approximate surface area is 124 Å². The Kier molecular flexibility index (Phi) is 3.82. The van der Waals surface area contributed by atoms with Gasteiger partial charge in [-0.2, -0.15) is 5.10 Å². The van der Waals surface area contributed by atoms with Crippen LogP contribution in [0.2, 0.25) is 0 Å². The second kappa shape index (κ2) is 5.92. The Morgan fingerprint density at radius 2 is 1.52 bits per heavy atom. The lowest BCUT2D eigenvalue weighted by Crippen LogP contribution is -2.28. The molecule has 0 bridgehead atoms. The summed E-state index contributed by atoms with van der Waals surface area (Å²) >= 11 is 0. The molecule has 0 aliphatic carbocycles. The molecule has 3 heteroatoms. The molecular weight excluding hydrogens is 260 g/mol. The van der Waals surface area contributed by atoms with E-state index in [1.807, 2.05) is 55.5 Å². The number of amides is 1. The van der Waals surface area contributed by atoms with Gasteiger partial charge in [-0.3, -0.25) is 4.79 Å². The lowest BCUT2D eigenvalue weighted by atomic mass is 9.95. The number of hydrogen-bond donors (Lipinski definition) is 0. The summed E-state index contributed by atoms with van der Waals surface area (Å²) in [7, 11) is 0. The molecule has 0 fully saturated rings. The second-order valence-corrected chi connectivity index (χ2v) is 5.37. The van der Waals surface area contributed by atoms with Gasteiger partial charge in [0.2, 0.25) is 0 Å². The third kappa shape index (κ3) is 3.02. The minimum absolute atomic E-state index is 0.0974. The first kappa shape index (κ1) is 13.6. The minimum Gasteiger partial charge on any atom is -0.272 e. The van der Waals surface area contributed by atoms with Crippen molar-refractivity contribution in [2.45, 2.75) is 19.9 Å². The number of carbonyl (C=O) groups excluding carboxylic acids is 1. The third-order valence-electron chi connectivity index (χ3n) is 3.79. The van der Waals surface area contributed by atoms with Gasteiger partial charge in [0, 0.05) is 5.71 Å². The highest BCUT2D eigenvalue weighted by atomic mass is 16.2. The fraction of sp³-hybridized carbons (Fsp3) is 0.222. The van der Waals surface area contributed by atoms with Crippen molar-refractivity contribution in [1.82, 2.24) is 5.01 Å². The molecule has 106 valence electrons. The van der Waals surface area contributed by atoms with Crippen LogP contribution in [0.4, 0.5) is 0 Å². The van der Waals surface area contributed by atoms with E-state index in [0.717, 1.165) is 17.7 Å². The molecule has 21 heavy (non-hydrogen) atoms. The van der Waals surface area contributed by atoms with Crippen LogP contribution in [0.3, 0.4) is 0 Å². The van der Waals surface area contributed by atoms with Gasteiger partial charge in [0.25, 0.3) is 5.91 Å². The van der Waals surface area contributed by atoms with E-state index in [4.69, 9.17) is 0 Å². The zero-order chi connectivity index (χ0) is 14.7. The zero-order valence-electron chi connectivity index (χ0n) is 12.1. The van der Waals surface area contributed by atoms with E-state index in [9.17, 15) is 4.79 Å². The smallest absolute Gasteiger partial charge is 0.252 e. The summed E-state index contributed by atoms with van der Waals surface area (Å²) in [6.07, 6.45) is 0.723. The minimum atomic E-state index is -0.129. The molecule has 0 saturated heterocycles. The molecule has 1 atom stereocenters. The maximum Gasteiger partial charge on any atom is 0.252 e. The van der Waals surface area contributed by atoms with E-state index in [-0.39, 0.29) is 11.8 Å². The highest BCUT2D eigenvalue weighted by molar-refractivity contribution is 6.07. The molecule has 1 amide bonds. The molecule has 1 heterocycles. The first-order valence-corrected chi connectivity index (χ1v) is 7.18. The SMILES string of the molecule is CC1=NN(Cc2ccccc2)C(=O)C1Cc1ccccc1. The van der Waals surface area contributed by atoms with Crippen molar-refractivity contribution in [2.24, 2.45) is 11.0 Å². The molecule has 3 rings (SSSR count). The quantitative estimate of drug-likeness (QED) is 0.845. The molecule has 0 saturated carbocycles. The third-order valence-corrected chi connectivity index (χ3v) is 3.79. The molecular formula is C18H18N2O. The second-order valence-electron chi connectivity index (χ2n) is 5.37. The zero-order valence-corrected chi connectivity index (χ0v) is 12.1. The van der Waals surface area contributed by atoms with Crippen LogP contribution < -0.4 is 0 Å². The van der Waals surface area contributed by atoms with Crippen molar-refractivity contribution in [3.8, 4) is 0 Å². The van der Waals surface area contributed by atoms with Gasteiger partial charge in [-0.05, 0) is 24.5 Å². The highest BCUT2D eigenvalue weighted by Gasteiger charge is 2.33. The largest absolute Gasteiger partial charge is 0.272 e. The first-order valence-electron chi connectivity index (χ1n) is 7.18. The van der Waals surface area contributed by atoms with E-state index in [2.05, 4.69) is 17.2 Å². The van der Waals surface area contributed by atoms with E-state index in [0.29, 0.717) is 6.54 Å². The Hall–Kier alpha value is -2.42. The van der Waals surface area contributed by atoms with E-state index in [1.165, 1.54) is 5.56 Å². The summed E-state index contributed by atoms with van der Waals surface area (Å²) in [6, 6.07) is 20.1. The Morgan fingerprint density at radius 3 is 2.14 bits per heavy atom. The Balaban J connectivity index is 1.72. The van der Waals surface area contributed by atoms with Crippen molar-refractivity contribution < 1.29 is 4.79 Å². The Morgan fingerprint density at radius 1 is 0.952 bits per heavy atom. The van der Waals surface area contributed by atoms with Crippen LogP contribution in [0.25, 0.3) is 0 Å². The van der Waals surface area contributed by atoms with Gasteiger partial charge in [-0.1, -0.05) is 60.7 Å². The average Bonchev–Trinajstić information content (AvgIpc) is 2.77. The summed E-state index contributed by atoms with van der Waals surface area (Å²) in [5.41, 5.74) is 3.18. The van der Waals surface area contributed by atoms with Gasteiger partial charge in [-0.25, -0.2) is 5.01 Å². The van der Waals surface area contributed by atoms with Crippen molar-refractivity contribution in [2.75, 3.05) is 0 Å². The summed E-state index contributed by atoms with van der Waals surface area (Å²) in [5, 5.41) is 6.04. The molecule has 0 radical (unpaired) electrons. The Bertz CT molecular complexity index is 649. The molecule has 3 nitrogen and oxygen atoms in total. The summed E-state index contributed by atoms with van der Waals surface area (Å²) in [4.78, 5) is 12.5. The van der Waals surface area contributed by atoms with Crippen LogP contribution in [-0.2, 0) is 17.8 Å². The predicted octanol–water partition coefficient (Wildman–Crippen LogP) is 3.26. The van der Waals surface area contributed by atoms with Gasteiger partial charge in [0.15, 0.2) is 0 Å². The van der Waals surface area contributed by atoms with Crippen LogP contribution in [0, 0.1) is 5.92 Å². The number of carbonyl (C=O) groups is 1. The number of benzene rings is 2. The maximum absolute atomic E-state index is 12.5. The standard InChI is InChI=1S/C18H18N2O/c1-14-17(12-15-8-4-2-5-9-15)18(21)20(19-14)13-16-10-6-3-7-11-16/h2-11,17H,12-13H2,1H3. The van der Waals surface area contributed by atoms with Crippen molar-refractivity contribution in [1.29, 1.82) is 0 Å². The molecule has 0 aromatic heterocycles. The van der Waals surface area contributed by atoms with Crippen molar-refractivity contribution in [3.05, 3.63) is 71.8 Å². The summed E-state index contributed by atoms with van der Waals surface area (Å²) in [6.45, 7) is 2.48. The van der Waals surface area contributed by atoms with Crippen molar-refractivity contribution >= 4 is 11.6 Å². The fourth-order valence-corrected chi connectivity index (χ4v) is 2.62. The van der Waals surface area contributed by atoms with Gasteiger partial charge in [0.1, 0.15) is 0 Å². The van der Waals surface area contributed by atoms with E-state index in [1.54, 1.807) is 5.01 Å². The van der Waals surface area contributed by atoms with Crippen LogP contribution in [0.1, 0.15) is 18.1 Å². The number of hydrogen-bond acceptors (Lipinski definition) is 2. The molecule has 0 N–H and O–H groups in total. The van der Waals surface area contributed by atoms with E-state index >= 15 is 0 Å². The monoisotopic (exact) mass is 278 g/mol. The topological polar surface area (TPSA) is 32.7 Å². The number of hydrazone groups is 1. The summed E-state index contributed by atoms with van der Waals surface area (Å²) in [5.74, 6) is -0.0312. The molecule has 2 aromatic rings. The van der Waals surface area contributed by atoms with Crippen molar-refractivity contribution in [3.63, 3.8) is 0 Å². The molecule has 0 spiro atoms. The van der Waals surface area contributed by atoms with Crippen LogP contribution in [0.15, 0.2) is 65.8 Å². The molecule has 1 aliphatic heterocycles. The molecule has 1 aliphatic rings. The first-order chi connectivity index (χ1) is 10.2. The van der Waals surface area contributed by atoms with Gasteiger partial charge >= 0.3 is 0 Å². The summed E-state index contributed by atoms with van der Waals surface area (Å²) < 4.78 is 0. The van der Waals surface area contributed by atoms with Gasteiger partial charge in [-0.15, -0.1) is 0 Å². The van der Waals surface area contributed by atoms with Crippen LogP contribution in [0.5, 0.6) is 0 Å². The predicted molar refractivity (Wildman–Crippen MR) is 83.7 cm³/mol. The highest BCUT2D eigenvalue weighted by Crippen LogP contribution is 2.22. The van der Waals surface area contributed by atoms with Gasteiger partial charge < -0.3 is 0 Å². The number of nitrogens with zero attached hydrogens (tertiary/aromatic N) is 2. The van der Waals surface area contributed by atoms with E-state index < -0.39 is 0 Å².